The number of piperidine rings is 1. The molecule has 1 rings (SSSR count). The summed E-state index contributed by atoms with van der Waals surface area (Å²) in [5.41, 5.74) is 5.32. The Balaban J connectivity index is 2.40. The number of nitrogens with two attached hydrogens (primary N) is 1. The van der Waals surface area contributed by atoms with Crippen LogP contribution in [-0.2, 0) is 14.8 Å². The van der Waals surface area contributed by atoms with Gasteiger partial charge in [-0.2, -0.15) is 0 Å². The second-order valence-corrected chi connectivity index (χ2v) is 6.32. The zero-order valence-corrected chi connectivity index (χ0v) is 11.0. The summed E-state index contributed by atoms with van der Waals surface area (Å²) < 4.78 is 26.1. The Bertz CT molecular complexity index is 356. The van der Waals surface area contributed by atoms with E-state index in [-0.39, 0.29) is 17.7 Å². The summed E-state index contributed by atoms with van der Waals surface area (Å²) >= 11 is 0. The molecule has 0 aromatic heterocycles. The fourth-order valence-corrected chi connectivity index (χ4v) is 3.26. The smallest absolute Gasteiger partial charge is 0.222 e. The molecule has 1 atom stereocenters. The first-order valence-electron chi connectivity index (χ1n) is 5.88. The number of unbranched alkanes of at least 4 members (excludes halogenated alkanes) is 1. The van der Waals surface area contributed by atoms with Gasteiger partial charge in [-0.05, 0) is 25.8 Å². The van der Waals surface area contributed by atoms with Crippen molar-refractivity contribution < 1.29 is 13.2 Å². The number of nitrogens with zero attached hydrogens (tertiary/aromatic N) is 1. The van der Waals surface area contributed by atoms with E-state index < -0.39 is 10.0 Å². The Morgan fingerprint density at radius 3 is 2.76 bits per heavy atom. The van der Waals surface area contributed by atoms with Gasteiger partial charge in [0.2, 0.25) is 15.9 Å². The molecule has 0 bridgehead atoms. The van der Waals surface area contributed by atoms with Crippen molar-refractivity contribution in [1.82, 2.24) is 9.62 Å². The van der Waals surface area contributed by atoms with Crippen LogP contribution in [0.1, 0.15) is 25.7 Å². The molecule has 1 aliphatic rings. The van der Waals surface area contributed by atoms with Crippen LogP contribution in [0.15, 0.2) is 0 Å². The van der Waals surface area contributed by atoms with Crippen molar-refractivity contribution in [2.45, 2.75) is 31.7 Å². The monoisotopic (exact) mass is 263 g/mol. The Hall–Kier alpha value is -0.660. The van der Waals surface area contributed by atoms with Crippen molar-refractivity contribution in [2.24, 2.45) is 5.73 Å². The van der Waals surface area contributed by atoms with E-state index in [2.05, 4.69) is 4.72 Å². The van der Waals surface area contributed by atoms with Crippen LogP contribution in [0, 0.1) is 0 Å². The largest absolute Gasteiger partial charge is 0.344 e. The first kappa shape index (κ1) is 14.4. The van der Waals surface area contributed by atoms with Gasteiger partial charge in [-0.15, -0.1) is 0 Å². The summed E-state index contributed by atoms with van der Waals surface area (Å²) in [6.07, 6.45) is 2.28. The molecule has 1 heterocycles. The lowest BCUT2D eigenvalue weighted by atomic mass is 10.1. The normalized spacial score (nSPS) is 21.9. The molecule has 0 aliphatic carbocycles. The van der Waals surface area contributed by atoms with E-state index >= 15 is 0 Å². The number of likely N-dealkylation sites (N-methyl/N-ethyl adjacent to an activating group) is 1. The third kappa shape index (κ3) is 5.01. The Morgan fingerprint density at radius 2 is 2.18 bits per heavy atom. The van der Waals surface area contributed by atoms with Crippen molar-refractivity contribution in [3.8, 4) is 0 Å². The van der Waals surface area contributed by atoms with Gasteiger partial charge in [-0.1, -0.05) is 0 Å². The summed E-state index contributed by atoms with van der Waals surface area (Å²) in [5, 5.41) is 0. The summed E-state index contributed by atoms with van der Waals surface area (Å²) in [5.74, 6) is 0.182. The maximum absolute atomic E-state index is 11.7. The predicted octanol–water partition coefficient (Wildman–Crippen LogP) is -0.734. The molecule has 1 fully saturated rings. The molecule has 1 aliphatic heterocycles. The summed E-state index contributed by atoms with van der Waals surface area (Å²) in [4.78, 5) is 12.8. The third-order valence-corrected chi connectivity index (χ3v) is 4.36. The third-order valence-electron chi connectivity index (χ3n) is 2.84. The molecule has 1 saturated heterocycles. The fraction of sp³-hybridized carbons (Fsp3) is 0.900. The summed E-state index contributed by atoms with van der Waals surface area (Å²) in [6, 6.07) is -0.152. The Labute approximate surface area is 103 Å². The number of rotatable bonds is 6. The highest BCUT2D eigenvalue weighted by Crippen LogP contribution is 2.10. The second kappa shape index (κ2) is 6.32. The number of nitrogens with one attached hydrogen (secondary N) is 1. The lowest BCUT2D eigenvalue weighted by Crippen LogP contribution is -2.48. The Morgan fingerprint density at radius 1 is 1.47 bits per heavy atom. The van der Waals surface area contributed by atoms with Crippen LogP contribution >= 0.6 is 0 Å². The van der Waals surface area contributed by atoms with Crippen LogP contribution in [0.2, 0.25) is 0 Å². The highest BCUT2D eigenvalue weighted by atomic mass is 32.2. The number of hydrogen-bond donors (Lipinski definition) is 2. The van der Waals surface area contributed by atoms with E-state index in [0.717, 1.165) is 0 Å². The molecule has 100 valence electrons. The molecule has 0 radical (unpaired) electrons. The summed E-state index contributed by atoms with van der Waals surface area (Å²) in [7, 11) is -1.55. The van der Waals surface area contributed by atoms with Crippen molar-refractivity contribution in [1.29, 1.82) is 0 Å². The lowest BCUT2D eigenvalue weighted by Gasteiger charge is -2.29. The minimum Gasteiger partial charge on any atom is -0.344 e. The van der Waals surface area contributed by atoms with Gasteiger partial charge in [-0.3, -0.25) is 4.79 Å². The molecule has 0 saturated carbocycles. The van der Waals surface area contributed by atoms with Crippen LogP contribution in [0.3, 0.4) is 0 Å². The standard InChI is InChI=1S/C10H21N3O3S/c1-13-8-9(4-5-10(13)14)12-17(15,16)7-3-2-6-11/h9,12H,2-8,11H2,1H3. The van der Waals surface area contributed by atoms with E-state index in [4.69, 9.17) is 5.73 Å². The number of likely N-dealkylation sites (tertiary alicyclic amines) is 1. The zero-order valence-electron chi connectivity index (χ0n) is 10.2. The molecule has 1 amide bonds. The van der Waals surface area contributed by atoms with Crippen LogP contribution in [0.5, 0.6) is 0 Å². The highest BCUT2D eigenvalue weighted by molar-refractivity contribution is 7.89. The molecule has 0 aromatic rings. The molecule has 0 spiro atoms. The number of hydrogen-bond acceptors (Lipinski definition) is 4. The lowest BCUT2D eigenvalue weighted by molar-refractivity contribution is -0.132. The Kier molecular flexibility index (Phi) is 5.35. The number of amides is 1. The van der Waals surface area contributed by atoms with E-state index in [1.807, 2.05) is 0 Å². The van der Waals surface area contributed by atoms with Crippen molar-refractivity contribution in [3.63, 3.8) is 0 Å². The zero-order chi connectivity index (χ0) is 12.9. The van der Waals surface area contributed by atoms with Gasteiger partial charge in [-0.25, -0.2) is 13.1 Å². The van der Waals surface area contributed by atoms with Gasteiger partial charge in [0, 0.05) is 26.1 Å². The van der Waals surface area contributed by atoms with Crippen molar-refractivity contribution in [3.05, 3.63) is 0 Å². The van der Waals surface area contributed by atoms with E-state index in [1.165, 1.54) is 0 Å². The maximum atomic E-state index is 11.7. The van der Waals surface area contributed by atoms with Crippen molar-refractivity contribution >= 4 is 15.9 Å². The molecule has 17 heavy (non-hydrogen) atoms. The molecule has 7 heteroatoms. The molecular formula is C10H21N3O3S. The van der Waals surface area contributed by atoms with Crippen LogP contribution < -0.4 is 10.5 Å². The molecular weight excluding hydrogens is 242 g/mol. The van der Waals surface area contributed by atoms with Crippen LogP contribution in [-0.4, -0.2) is 51.2 Å². The van der Waals surface area contributed by atoms with Crippen molar-refractivity contribution in [2.75, 3.05) is 25.9 Å². The average Bonchev–Trinajstić information content (AvgIpc) is 2.23. The predicted molar refractivity (Wildman–Crippen MR) is 65.9 cm³/mol. The highest BCUT2D eigenvalue weighted by Gasteiger charge is 2.25. The molecule has 3 N–H and O–H groups in total. The van der Waals surface area contributed by atoms with Gasteiger partial charge in [0.1, 0.15) is 0 Å². The van der Waals surface area contributed by atoms with E-state index in [1.54, 1.807) is 11.9 Å². The van der Waals surface area contributed by atoms with Crippen LogP contribution in [0.4, 0.5) is 0 Å². The van der Waals surface area contributed by atoms with Gasteiger partial charge in [0.15, 0.2) is 0 Å². The van der Waals surface area contributed by atoms with Crippen LogP contribution in [0.25, 0.3) is 0 Å². The topological polar surface area (TPSA) is 92.5 Å². The maximum Gasteiger partial charge on any atom is 0.222 e. The quantitative estimate of drug-likeness (QED) is 0.618. The number of carbonyl (C=O) groups excluding carboxylic acids is 1. The van der Waals surface area contributed by atoms with E-state index in [0.29, 0.717) is 38.8 Å². The minimum absolute atomic E-state index is 0.0728. The van der Waals surface area contributed by atoms with E-state index in [9.17, 15) is 13.2 Å². The first-order valence-corrected chi connectivity index (χ1v) is 7.54. The first-order chi connectivity index (χ1) is 7.94. The summed E-state index contributed by atoms with van der Waals surface area (Å²) in [6.45, 7) is 0.963. The molecule has 0 aromatic carbocycles. The van der Waals surface area contributed by atoms with Gasteiger partial charge in [0.25, 0.3) is 0 Å². The number of carbonyl (C=O) groups is 1. The molecule has 1 unspecified atom stereocenters. The fourth-order valence-electron chi connectivity index (χ4n) is 1.86. The van der Waals surface area contributed by atoms with Gasteiger partial charge >= 0.3 is 0 Å². The minimum atomic E-state index is -3.24. The van der Waals surface area contributed by atoms with Gasteiger partial charge < -0.3 is 10.6 Å². The number of sulfonamides is 1. The second-order valence-electron chi connectivity index (χ2n) is 4.44. The SMILES string of the molecule is CN1CC(NS(=O)(=O)CCCCN)CCC1=O. The average molecular weight is 263 g/mol. The van der Waals surface area contributed by atoms with Gasteiger partial charge in [0.05, 0.1) is 5.75 Å². The molecule has 6 nitrogen and oxygen atoms in total.